The van der Waals surface area contributed by atoms with Gasteiger partial charge >= 0.3 is 0 Å². The first-order valence-electron chi connectivity index (χ1n) is 5.71. The fraction of sp³-hybridized carbons (Fsp3) is 1.00. The second kappa shape index (κ2) is 2.73. The lowest BCUT2D eigenvalue weighted by Crippen LogP contribution is -2.33. The minimum atomic E-state index is 1.05. The van der Waals surface area contributed by atoms with Crippen molar-refractivity contribution in [1.29, 1.82) is 0 Å². The van der Waals surface area contributed by atoms with Gasteiger partial charge in [-0.15, -0.1) is 0 Å². The van der Waals surface area contributed by atoms with Gasteiger partial charge in [-0.2, -0.15) is 0 Å². The van der Waals surface area contributed by atoms with E-state index in [1.165, 1.54) is 38.8 Å². The fourth-order valence-corrected chi connectivity index (χ4v) is 3.54. The first kappa shape index (κ1) is 7.37. The minimum absolute atomic E-state index is 1.05. The van der Waals surface area contributed by atoms with Crippen LogP contribution in [0.25, 0.3) is 0 Å². The van der Waals surface area contributed by atoms with Gasteiger partial charge in [-0.25, -0.2) is 0 Å². The van der Waals surface area contributed by atoms with Crippen LogP contribution in [0.4, 0.5) is 0 Å². The quantitative estimate of drug-likeness (QED) is 0.576. The molecule has 3 aliphatic rings. The topological polar surface area (TPSA) is 3.24 Å². The van der Waals surface area contributed by atoms with Crippen LogP contribution in [0.3, 0.4) is 0 Å². The Balaban J connectivity index is 1.60. The van der Waals surface area contributed by atoms with Gasteiger partial charge in [-0.05, 0) is 50.6 Å². The zero-order valence-corrected chi connectivity index (χ0v) is 7.84. The van der Waals surface area contributed by atoms with Gasteiger partial charge in [0.2, 0.25) is 0 Å². The number of likely N-dealkylation sites (tertiary alicyclic amines) is 1. The van der Waals surface area contributed by atoms with Crippen LogP contribution in [0.1, 0.15) is 38.5 Å². The van der Waals surface area contributed by atoms with E-state index in [-0.39, 0.29) is 0 Å². The first-order valence-corrected chi connectivity index (χ1v) is 5.71. The summed E-state index contributed by atoms with van der Waals surface area (Å²) >= 11 is 0. The van der Waals surface area contributed by atoms with E-state index >= 15 is 0 Å². The molecular formula is C11H19N. The van der Waals surface area contributed by atoms with Gasteiger partial charge in [0.05, 0.1) is 0 Å². The molecule has 0 N–H and O–H groups in total. The molecule has 68 valence electrons. The van der Waals surface area contributed by atoms with Crippen molar-refractivity contribution in [2.75, 3.05) is 13.1 Å². The average Bonchev–Trinajstić information content (AvgIpc) is 2.62. The van der Waals surface area contributed by atoms with Crippen LogP contribution in [0.15, 0.2) is 0 Å². The molecule has 2 saturated carbocycles. The lowest BCUT2D eigenvalue weighted by molar-refractivity contribution is 0.196. The number of hydrogen-bond acceptors (Lipinski definition) is 1. The fourth-order valence-electron chi connectivity index (χ4n) is 3.54. The normalized spacial score (nSPS) is 47.5. The number of hydrogen-bond donors (Lipinski definition) is 0. The monoisotopic (exact) mass is 165 g/mol. The molecule has 1 heterocycles. The van der Waals surface area contributed by atoms with Crippen LogP contribution in [0.2, 0.25) is 0 Å². The van der Waals surface area contributed by atoms with E-state index in [9.17, 15) is 0 Å². The molecule has 3 atom stereocenters. The molecular weight excluding hydrogens is 146 g/mol. The minimum Gasteiger partial charge on any atom is -0.300 e. The van der Waals surface area contributed by atoms with Crippen molar-refractivity contribution in [2.45, 2.75) is 44.6 Å². The molecule has 0 aromatic heterocycles. The molecule has 3 rings (SSSR count). The highest BCUT2D eigenvalue weighted by Gasteiger charge is 2.54. The van der Waals surface area contributed by atoms with E-state index in [4.69, 9.17) is 0 Å². The lowest BCUT2D eigenvalue weighted by atomic mass is 10.1. The van der Waals surface area contributed by atoms with Crippen LogP contribution in [-0.4, -0.2) is 24.0 Å². The molecule has 0 aromatic rings. The smallest absolute Gasteiger partial charge is 0.0158 e. The van der Waals surface area contributed by atoms with E-state index in [1.807, 2.05) is 0 Å². The molecule has 1 saturated heterocycles. The van der Waals surface area contributed by atoms with Crippen molar-refractivity contribution >= 4 is 0 Å². The number of rotatable bonds is 1. The summed E-state index contributed by atoms with van der Waals surface area (Å²) in [5, 5.41) is 0. The maximum Gasteiger partial charge on any atom is 0.0158 e. The summed E-state index contributed by atoms with van der Waals surface area (Å²) in [6.07, 6.45) is 9.04. The van der Waals surface area contributed by atoms with Crippen molar-refractivity contribution < 1.29 is 0 Å². The van der Waals surface area contributed by atoms with E-state index in [0.717, 1.165) is 17.9 Å². The predicted molar refractivity (Wildman–Crippen MR) is 50.0 cm³/mol. The summed E-state index contributed by atoms with van der Waals surface area (Å²) in [4.78, 5) is 2.79. The van der Waals surface area contributed by atoms with E-state index < -0.39 is 0 Å². The van der Waals surface area contributed by atoms with Gasteiger partial charge in [-0.3, -0.25) is 4.90 Å². The Kier molecular flexibility index (Phi) is 1.68. The Bertz CT molecular complexity index is 162. The van der Waals surface area contributed by atoms with Crippen molar-refractivity contribution in [3.63, 3.8) is 0 Å². The summed E-state index contributed by atoms with van der Waals surface area (Å²) in [5.41, 5.74) is 0. The van der Waals surface area contributed by atoms with Gasteiger partial charge < -0.3 is 0 Å². The van der Waals surface area contributed by atoms with Gasteiger partial charge in [0.15, 0.2) is 0 Å². The summed E-state index contributed by atoms with van der Waals surface area (Å²) in [6, 6.07) is 1.05. The second-order valence-corrected chi connectivity index (χ2v) is 4.85. The molecule has 0 spiro atoms. The molecule has 1 unspecified atom stereocenters. The molecule has 0 bridgehead atoms. The van der Waals surface area contributed by atoms with Gasteiger partial charge in [-0.1, -0.05) is 12.8 Å². The maximum atomic E-state index is 2.79. The molecule has 0 aromatic carbocycles. The van der Waals surface area contributed by atoms with Crippen molar-refractivity contribution in [3.8, 4) is 0 Å². The third-order valence-electron chi connectivity index (χ3n) is 4.17. The van der Waals surface area contributed by atoms with Gasteiger partial charge in [0.1, 0.15) is 0 Å². The molecule has 1 aliphatic heterocycles. The van der Waals surface area contributed by atoms with Crippen molar-refractivity contribution in [3.05, 3.63) is 0 Å². The Morgan fingerprint density at radius 3 is 2.08 bits per heavy atom. The Hall–Kier alpha value is -0.0400. The number of fused-ring (bicyclic) bond motifs is 1. The molecule has 1 heteroatoms. The third kappa shape index (κ3) is 1.02. The zero-order valence-electron chi connectivity index (χ0n) is 7.84. The molecule has 0 radical (unpaired) electrons. The first-order chi connectivity index (χ1) is 5.97. The Morgan fingerprint density at radius 1 is 0.750 bits per heavy atom. The van der Waals surface area contributed by atoms with Crippen molar-refractivity contribution in [1.82, 2.24) is 4.90 Å². The van der Waals surface area contributed by atoms with Crippen LogP contribution < -0.4 is 0 Å². The maximum absolute atomic E-state index is 2.79. The number of piperidine rings is 1. The van der Waals surface area contributed by atoms with Gasteiger partial charge in [0, 0.05) is 6.04 Å². The number of nitrogens with zero attached hydrogens (tertiary/aromatic N) is 1. The standard InChI is InChI=1S/C11H19N/c1-2-7-12(8-3-1)11-9-5-4-6-10(9)11/h9-11H,1-8H2/t9-,10+,11?. The molecule has 2 aliphatic carbocycles. The van der Waals surface area contributed by atoms with Crippen LogP contribution in [-0.2, 0) is 0 Å². The molecule has 12 heavy (non-hydrogen) atoms. The molecule has 3 fully saturated rings. The van der Waals surface area contributed by atoms with E-state index in [0.29, 0.717) is 0 Å². The van der Waals surface area contributed by atoms with E-state index in [2.05, 4.69) is 4.90 Å². The average molecular weight is 165 g/mol. The van der Waals surface area contributed by atoms with Crippen molar-refractivity contribution in [2.24, 2.45) is 11.8 Å². The predicted octanol–water partition coefficient (Wildman–Crippen LogP) is 2.27. The zero-order chi connectivity index (χ0) is 7.97. The lowest BCUT2D eigenvalue weighted by Gasteiger charge is -2.28. The Morgan fingerprint density at radius 2 is 1.42 bits per heavy atom. The van der Waals surface area contributed by atoms with Crippen LogP contribution in [0.5, 0.6) is 0 Å². The molecule has 0 amide bonds. The van der Waals surface area contributed by atoms with Crippen LogP contribution in [0, 0.1) is 11.8 Å². The highest BCUT2D eigenvalue weighted by atomic mass is 15.2. The summed E-state index contributed by atoms with van der Waals surface area (Å²) in [7, 11) is 0. The summed E-state index contributed by atoms with van der Waals surface area (Å²) < 4.78 is 0. The molecule has 1 nitrogen and oxygen atoms in total. The van der Waals surface area contributed by atoms with E-state index in [1.54, 1.807) is 12.8 Å². The Labute approximate surface area is 75.1 Å². The summed E-state index contributed by atoms with van der Waals surface area (Å²) in [6.45, 7) is 2.83. The van der Waals surface area contributed by atoms with Gasteiger partial charge in [0.25, 0.3) is 0 Å². The third-order valence-corrected chi connectivity index (χ3v) is 4.17. The SMILES string of the molecule is C1CCN(C2[C@H]3CCC[C@@H]23)CC1. The van der Waals surface area contributed by atoms with Crippen LogP contribution >= 0.6 is 0 Å². The summed E-state index contributed by atoms with van der Waals surface area (Å²) in [5.74, 6) is 2.28. The highest BCUT2D eigenvalue weighted by Crippen LogP contribution is 2.55. The second-order valence-electron chi connectivity index (χ2n) is 4.85. The highest BCUT2D eigenvalue weighted by molar-refractivity contribution is 5.07. The largest absolute Gasteiger partial charge is 0.300 e.